The second kappa shape index (κ2) is 7.34. The first-order valence-electron chi connectivity index (χ1n) is 8.44. The number of carbonyl (C=O) groups is 2. The third kappa shape index (κ3) is 3.62. The van der Waals surface area contributed by atoms with Crippen LogP contribution in [0.25, 0.3) is 16.7 Å². The van der Waals surface area contributed by atoms with Gasteiger partial charge in [-0.3, -0.25) is 19.5 Å². The number of anilines is 1. The zero-order valence-electron chi connectivity index (χ0n) is 15.0. The number of rotatable bonds is 4. The lowest BCUT2D eigenvalue weighted by molar-refractivity contribution is 0.0970. The zero-order chi connectivity index (χ0) is 20.7. The minimum Gasteiger partial charge on any atom is -0.364 e. The van der Waals surface area contributed by atoms with Crippen molar-refractivity contribution in [1.82, 2.24) is 19.5 Å². The fourth-order valence-corrected chi connectivity index (χ4v) is 3.49. The van der Waals surface area contributed by atoms with E-state index in [1.54, 1.807) is 18.2 Å². The predicted octanol–water partition coefficient (Wildman–Crippen LogP) is 3.82. The van der Waals surface area contributed by atoms with Gasteiger partial charge in [0, 0.05) is 9.50 Å². The Labute approximate surface area is 178 Å². The average Bonchev–Trinajstić information content (AvgIpc) is 3.27. The van der Waals surface area contributed by atoms with E-state index in [1.165, 1.54) is 10.9 Å². The highest BCUT2D eigenvalue weighted by atomic mass is 79.9. The zero-order valence-corrected chi connectivity index (χ0v) is 17.4. The topological polar surface area (TPSA) is 119 Å². The summed E-state index contributed by atoms with van der Waals surface area (Å²) < 4.78 is 2.34. The van der Waals surface area contributed by atoms with E-state index < -0.39 is 11.8 Å². The molecule has 0 spiro atoms. The lowest BCUT2D eigenvalue weighted by atomic mass is 10.2. The molecule has 10 heteroatoms. The Kier molecular flexibility index (Phi) is 4.85. The molecule has 0 unspecified atom stereocenters. The van der Waals surface area contributed by atoms with Gasteiger partial charge in [-0.15, -0.1) is 0 Å². The fraction of sp³-hybridized carbons (Fsp3) is 0.0526. The Bertz CT molecular complexity index is 1280. The van der Waals surface area contributed by atoms with Crippen LogP contribution in [-0.4, -0.2) is 31.3 Å². The minimum atomic E-state index is -0.807. The first-order chi connectivity index (χ1) is 13.8. The van der Waals surface area contributed by atoms with Gasteiger partial charge in [-0.1, -0.05) is 33.6 Å². The van der Waals surface area contributed by atoms with E-state index in [4.69, 9.17) is 17.3 Å². The lowest BCUT2D eigenvalue weighted by Crippen LogP contribution is -2.23. The molecule has 8 nitrogen and oxygen atoms in total. The summed E-state index contributed by atoms with van der Waals surface area (Å²) in [5.74, 6) is -1.18. The Hall–Kier alpha value is -3.17. The number of hydrogen-bond acceptors (Lipinski definition) is 4. The number of amides is 2. The van der Waals surface area contributed by atoms with Gasteiger partial charge in [0.15, 0.2) is 5.69 Å². The van der Waals surface area contributed by atoms with Crippen LogP contribution in [0.3, 0.4) is 0 Å². The largest absolute Gasteiger partial charge is 0.364 e. The molecule has 0 aliphatic heterocycles. The Morgan fingerprint density at radius 3 is 2.79 bits per heavy atom. The molecule has 4 rings (SSSR count). The van der Waals surface area contributed by atoms with Crippen LogP contribution in [0.2, 0.25) is 5.02 Å². The molecule has 0 aliphatic rings. The third-order valence-electron chi connectivity index (χ3n) is 4.32. The number of carbonyl (C=O) groups excluding carboxylic acids is 2. The predicted molar refractivity (Wildman–Crippen MR) is 114 cm³/mol. The number of H-pyrrole nitrogens is 1. The van der Waals surface area contributed by atoms with Gasteiger partial charge in [0.05, 0.1) is 16.7 Å². The van der Waals surface area contributed by atoms with Crippen LogP contribution in [0.1, 0.15) is 26.5 Å². The number of primary amides is 1. The quantitative estimate of drug-likeness (QED) is 0.417. The van der Waals surface area contributed by atoms with Crippen molar-refractivity contribution in [3.8, 4) is 5.69 Å². The van der Waals surface area contributed by atoms with E-state index in [0.717, 1.165) is 10.0 Å². The van der Waals surface area contributed by atoms with Crippen molar-refractivity contribution >= 4 is 56.3 Å². The van der Waals surface area contributed by atoms with Gasteiger partial charge in [0.25, 0.3) is 11.8 Å². The van der Waals surface area contributed by atoms with Crippen LogP contribution in [-0.2, 0) is 0 Å². The van der Waals surface area contributed by atoms with Crippen molar-refractivity contribution < 1.29 is 9.59 Å². The van der Waals surface area contributed by atoms with Crippen molar-refractivity contribution in [2.75, 3.05) is 5.32 Å². The monoisotopic (exact) mass is 472 g/mol. The van der Waals surface area contributed by atoms with Crippen LogP contribution in [0.5, 0.6) is 0 Å². The maximum Gasteiger partial charge on any atom is 0.277 e. The third-order valence-corrected chi connectivity index (χ3v) is 5.05. The van der Waals surface area contributed by atoms with E-state index in [2.05, 4.69) is 36.2 Å². The van der Waals surface area contributed by atoms with E-state index in [1.807, 2.05) is 25.1 Å². The highest BCUT2D eigenvalue weighted by Gasteiger charge is 2.24. The Morgan fingerprint density at radius 2 is 2.03 bits per heavy atom. The van der Waals surface area contributed by atoms with E-state index in [9.17, 15) is 9.59 Å². The molecule has 29 heavy (non-hydrogen) atoms. The summed E-state index contributed by atoms with van der Waals surface area (Å²) in [5.41, 5.74) is 8.18. The van der Waals surface area contributed by atoms with Crippen LogP contribution >= 0.6 is 27.5 Å². The Balaban J connectivity index is 1.78. The fourth-order valence-electron chi connectivity index (χ4n) is 2.98. The molecular weight excluding hydrogens is 460 g/mol. The molecule has 2 aromatic heterocycles. The lowest BCUT2D eigenvalue weighted by Gasteiger charge is -2.12. The van der Waals surface area contributed by atoms with Gasteiger partial charge in [-0.25, -0.2) is 9.97 Å². The summed E-state index contributed by atoms with van der Waals surface area (Å²) in [6.45, 7) is 1.89. The summed E-state index contributed by atoms with van der Waals surface area (Å²) in [6, 6.07) is 10.7. The van der Waals surface area contributed by atoms with E-state index in [0.29, 0.717) is 21.7 Å². The molecule has 4 N–H and O–H groups in total. The normalized spacial score (nSPS) is 11.0. The maximum absolute atomic E-state index is 13.1. The molecule has 146 valence electrons. The number of aromatic amines is 1. The van der Waals surface area contributed by atoms with E-state index in [-0.39, 0.29) is 17.3 Å². The number of nitrogens with zero attached hydrogens (tertiary/aromatic N) is 3. The van der Waals surface area contributed by atoms with Crippen LogP contribution in [0.15, 0.2) is 47.2 Å². The number of benzene rings is 2. The first kappa shape index (κ1) is 19.2. The maximum atomic E-state index is 13.1. The van der Waals surface area contributed by atoms with Gasteiger partial charge in [-0.2, -0.15) is 0 Å². The summed E-state index contributed by atoms with van der Waals surface area (Å²) in [7, 11) is 0. The molecule has 0 fully saturated rings. The van der Waals surface area contributed by atoms with Crippen molar-refractivity contribution in [3.05, 3.63) is 69.2 Å². The molecule has 0 saturated heterocycles. The van der Waals surface area contributed by atoms with Crippen LogP contribution in [0.4, 0.5) is 5.95 Å². The summed E-state index contributed by atoms with van der Waals surface area (Å²) >= 11 is 9.40. The number of aromatic nitrogens is 4. The van der Waals surface area contributed by atoms with Crippen molar-refractivity contribution in [2.45, 2.75) is 6.92 Å². The highest BCUT2D eigenvalue weighted by molar-refractivity contribution is 9.10. The molecule has 0 atom stereocenters. The summed E-state index contributed by atoms with van der Waals surface area (Å²) in [6.07, 6.45) is 1.39. The van der Waals surface area contributed by atoms with Crippen molar-refractivity contribution in [2.24, 2.45) is 5.73 Å². The Morgan fingerprint density at radius 1 is 1.24 bits per heavy atom. The smallest absolute Gasteiger partial charge is 0.277 e. The van der Waals surface area contributed by atoms with Gasteiger partial charge >= 0.3 is 0 Å². The average molecular weight is 474 g/mol. The van der Waals surface area contributed by atoms with Crippen LogP contribution in [0, 0.1) is 6.92 Å². The second-order valence-electron chi connectivity index (χ2n) is 6.31. The molecule has 4 aromatic rings. The van der Waals surface area contributed by atoms with Gasteiger partial charge in [0.2, 0.25) is 5.95 Å². The second-order valence-corrected chi connectivity index (χ2v) is 7.66. The van der Waals surface area contributed by atoms with Gasteiger partial charge in [-0.05, 0) is 42.8 Å². The molecule has 0 radical (unpaired) electrons. The minimum absolute atomic E-state index is 0.0113. The van der Waals surface area contributed by atoms with E-state index >= 15 is 0 Å². The molecule has 0 bridgehead atoms. The molecule has 0 aliphatic carbocycles. The van der Waals surface area contributed by atoms with Crippen LogP contribution < -0.4 is 11.1 Å². The molecule has 0 saturated carbocycles. The number of halogens is 2. The highest BCUT2D eigenvalue weighted by Crippen LogP contribution is 2.24. The molecule has 2 heterocycles. The molecule has 2 aromatic carbocycles. The number of fused-ring (bicyclic) bond motifs is 1. The number of hydrogen-bond donors (Lipinski definition) is 3. The van der Waals surface area contributed by atoms with Gasteiger partial charge in [0.1, 0.15) is 12.0 Å². The van der Waals surface area contributed by atoms with Gasteiger partial charge < -0.3 is 10.7 Å². The number of imidazole rings is 2. The number of nitrogens with one attached hydrogen (secondary N) is 2. The number of nitrogens with two attached hydrogens (primary N) is 1. The SMILES string of the molecule is Cc1ccc(Br)cc1-n1cnc(C(N)=O)c1C(=O)Nc1nc2cc(Cl)ccc2[nH]1. The summed E-state index contributed by atoms with van der Waals surface area (Å²) in [5, 5.41) is 3.19. The standard InChI is InChI=1S/C19H14BrClN6O2/c1-9-2-3-10(20)6-14(9)27-8-23-15(17(22)28)16(27)18(29)26-19-24-12-5-4-11(21)7-13(12)25-19/h2-8H,1H3,(H2,22,28)(H2,24,25,26,29). The first-order valence-corrected chi connectivity index (χ1v) is 9.61. The van der Waals surface area contributed by atoms with Crippen molar-refractivity contribution in [1.29, 1.82) is 0 Å². The molecule has 2 amide bonds. The number of aryl methyl sites for hydroxylation is 1. The summed E-state index contributed by atoms with van der Waals surface area (Å²) in [4.78, 5) is 36.3. The van der Waals surface area contributed by atoms with Crippen molar-refractivity contribution in [3.63, 3.8) is 0 Å². The molecular formula is C19H14BrClN6O2.